The quantitative estimate of drug-likeness (QED) is 0.721. The number of rotatable bonds is 6. The van der Waals surface area contributed by atoms with Crippen LogP contribution in [0.15, 0.2) is 30.6 Å². The molecule has 0 atom stereocenters. The Hall–Kier alpha value is -2.67. The largest absolute Gasteiger partial charge is 0.497 e. The fourth-order valence-electron chi connectivity index (χ4n) is 2.77. The third kappa shape index (κ3) is 3.62. The predicted octanol–water partition coefficient (Wildman–Crippen LogP) is 3.36. The van der Waals surface area contributed by atoms with E-state index in [-0.39, 0.29) is 5.91 Å². The summed E-state index contributed by atoms with van der Waals surface area (Å²) in [6.45, 7) is 2.68. The second-order valence-corrected chi connectivity index (χ2v) is 7.19. The highest BCUT2D eigenvalue weighted by molar-refractivity contribution is 7.20. The highest BCUT2D eigenvalue weighted by atomic mass is 32.1. The molecule has 1 N–H and O–H groups in total. The van der Waals surface area contributed by atoms with E-state index in [0.29, 0.717) is 4.88 Å². The van der Waals surface area contributed by atoms with Crippen molar-refractivity contribution < 1.29 is 9.53 Å². The number of amides is 1. The lowest BCUT2D eigenvalue weighted by Crippen LogP contribution is -2.21. The fourth-order valence-corrected chi connectivity index (χ4v) is 3.94. The molecule has 0 unspecified atom stereocenters. The smallest absolute Gasteiger partial charge is 0.263 e. The lowest BCUT2D eigenvalue weighted by Gasteiger charge is -2.10. The average molecular weight is 370 g/mol. The van der Waals surface area contributed by atoms with E-state index in [2.05, 4.69) is 21.4 Å². The molecule has 0 radical (unpaired) electrons. The van der Waals surface area contributed by atoms with Gasteiger partial charge in [-0.15, -0.1) is 11.3 Å². The molecule has 2 aromatic heterocycles. The molecule has 0 aliphatic carbocycles. The molecule has 26 heavy (non-hydrogen) atoms. The van der Waals surface area contributed by atoms with Crippen LogP contribution < -0.4 is 10.1 Å². The highest BCUT2D eigenvalue weighted by Crippen LogP contribution is 2.33. The van der Waals surface area contributed by atoms with Crippen LogP contribution in [0.1, 0.15) is 20.8 Å². The van der Waals surface area contributed by atoms with Gasteiger partial charge in [0.05, 0.1) is 17.4 Å². The van der Waals surface area contributed by atoms with Crippen LogP contribution in [0.2, 0.25) is 0 Å². The minimum atomic E-state index is -0.00664. The zero-order valence-corrected chi connectivity index (χ0v) is 16.2. The van der Waals surface area contributed by atoms with Gasteiger partial charge in [-0.2, -0.15) is 0 Å². The Balaban J connectivity index is 1.80. The van der Waals surface area contributed by atoms with Crippen molar-refractivity contribution in [2.45, 2.75) is 13.3 Å². The number of carbonyl (C=O) groups excluding carboxylic acids is 1. The SMILES string of the molecule is COc1cccc(CCNc2ncnc3sc(C(=O)N(C)C)c(C)c23)c1. The summed E-state index contributed by atoms with van der Waals surface area (Å²) in [6.07, 6.45) is 2.38. The number of hydrogen-bond donors (Lipinski definition) is 1. The highest BCUT2D eigenvalue weighted by Gasteiger charge is 2.20. The van der Waals surface area contributed by atoms with E-state index >= 15 is 0 Å². The second kappa shape index (κ2) is 7.70. The molecule has 136 valence electrons. The van der Waals surface area contributed by atoms with Crippen LogP contribution in [-0.2, 0) is 6.42 Å². The molecule has 0 spiro atoms. The van der Waals surface area contributed by atoms with E-state index in [1.54, 1.807) is 26.1 Å². The first kappa shape index (κ1) is 18.1. The maximum Gasteiger partial charge on any atom is 0.263 e. The van der Waals surface area contributed by atoms with Crippen LogP contribution in [-0.4, -0.2) is 48.5 Å². The number of nitrogens with one attached hydrogen (secondary N) is 1. The minimum Gasteiger partial charge on any atom is -0.497 e. The van der Waals surface area contributed by atoms with Gasteiger partial charge in [0.15, 0.2) is 0 Å². The van der Waals surface area contributed by atoms with Gasteiger partial charge in [-0.05, 0) is 36.6 Å². The number of ether oxygens (including phenoxy) is 1. The maximum atomic E-state index is 12.4. The van der Waals surface area contributed by atoms with Crippen molar-refractivity contribution in [1.29, 1.82) is 0 Å². The number of benzene rings is 1. The summed E-state index contributed by atoms with van der Waals surface area (Å²) in [5, 5.41) is 4.31. The number of aromatic nitrogens is 2. The summed E-state index contributed by atoms with van der Waals surface area (Å²) in [7, 11) is 5.18. The Morgan fingerprint density at radius 1 is 1.31 bits per heavy atom. The van der Waals surface area contributed by atoms with Gasteiger partial charge in [0.25, 0.3) is 5.91 Å². The first-order valence-corrected chi connectivity index (χ1v) is 9.15. The topological polar surface area (TPSA) is 67.3 Å². The summed E-state index contributed by atoms with van der Waals surface area (Å²) >= 11 is 1.41. The lowest BCUT2D eigenvalue weighted by molar-refractivity contribution is 0.0831. The Bertz CT molecular complexity index is 936. The summed E-state index contributed by atoms with van der Waals surface area (Å²) in [6, 6.07) is 8.02. The standard InChI is InChI=1S/C19H22N4O2S/c1-12-15-17(20-9-8-13-6-5-7-14(10-13)25-4)21-11-22-18(15)26-16(12)19(24)23(2)3/h5-7,10-11H,8-9H2,1-4H3,(H,20,21,22). The minimum absolute atomic E-state index is 0.00664. The van der Waals surface area contributed by atoms with Gasteiger partial charge in [-0.1, -0.05) is 12.1 Å². The van der Waals surface area contributed by atoms with Crippen molar-refractivity contribution in [3.63, 3.8) is 0 Å². The normalized spacial score (nSPS) is 10.8. The number of methoxy groups -OCH3 is 1. The van der Waals surface area contributed by atoms with Crippen molar-refractivity contribution in [2.75, 3.05) is 33.1 Å². The zero-order valence-electron chi connectivity index (χ0n) is 15.4. The van der Waals surface area contributed by atoms with E-state index in [1.165, 1.54) is 23.2 Å². The Morgan fingerprint density at radius 3 is 2.85 bits per heavy atom. The van der Waals surface area contributed by atoms with Crippen molar-refractivity contribution in [1.82, 2.24) is 14.9 Å². The second-order valence-electron chi connectivity index (χ2n) is 6.19. The van der Waals surface area contributed by atoms with Crippen LogP contribution in [0.25, 0.3) is 10.2 Å². The molecule has 0 saturated carbocycles. The fraction of sp³-hybridized carbons (Fsp3) is 0.316. The molecule has 7 heteroatoms. The summed E-state index contributed by atoms with van der Waals surface area (Å²) in [5.74, 6) is 1.62. The number of hydrogen-bond acceptors (Lipinski definition) is 6. The molecule has 3 aromatic rings. The molecule has 3 rings (SSSR count). The maximum absolute atomic E-state index is 12.4. The Labute approximate surface area is 156 Å². The molecule has 6 nitrogen and oxygen atoms in total. The van der Waals surface area contributed by atoms with Gasteiger partial charge in [-0.25, -0.2) is 9.97 Å². The van der Waals surface area contributed by atoms with Gasteiger partial charge in [0.1, 0.15) is 22.7 Å². The molecular weight excluding hydrogens is 348 g/mol. The number of nitrogens with zero attached hydrogens (tertiary/aromatic N) is 3. The molecule has 0 saturated heterocycles. The third-order valence-corrected chi connectivity index (χ3v) is 5.36. The first-order valence-electron chi connectivity index (χ1n) is 8.33. The number of thiophene rings is 1. The van der Waals surface area contributed by atoms with Crippen molar-refractivity contribution in [3.05, 3.63) is 46.6 Å². The molecule has 0 fully saturated rings. The Kier molecular flexibility index (Phi) is 5.37. The van der Waals surface area contributed by atoms with E-state index in [0.717, 1.165) is 40.3 Å². The van der Waals surface area contributed by atoms with E-state index in [4.69, 9.17) is 4.74 Å². The molecule has 0 bridgehead atoms. The first-order chi connectivity index (χ1) is 12.5. The third-order valence-electron chi connectivity index (χ3n) is 4.17. The predicted molar refractivity (Wildman–Crippen MR) is 105 cm³/mol. The Morgan fingerprint density at radius 2 is 2.12 bits per heavy atom. The molecule has 0 aliphatic heterocycles. The van der Waals surface area contributed by atoms with Gasteiger partial charge in [-0.3, -0.25) is 4.79 Å². The summed E-state index contributed by atoms with van der Waals surface area (Å²) < 4.78 is 5.26. The van der Waals surface area contributed by atoms with Gasteiger partial charge < -0.3 is 15.0 Å². The number of aryl methyl sites for hydroxylation is 1. The van der Waals surface area contributed by atoms with Crippen LogP contribution in [0.3, 0.4) is 0 Å². The van der Waals surface area contributed by atoms with Crippen molar-refractivity contribution >= 4 is 33.3 Å². The van der Waals surface area contributed by atoms with Crippen molar-refractivity contribution in [3.8, 4) is 5.75 Å². The van der Waals surface area contributed by atoms with Crippen molar-refractivity contribution in [2.24, 2.45) is 0 Å². The molecule has 1 aromatic carbocycles. The number of fused-ring (bicyclic) bond motifs is 1. The average Bonchev–Trinajstić information content (AvgIpc) is 2.98. The summed E-state index contributed by atoms with van der Waals surface area (Å²) in [5.41, 5.74) is 2.11. The van der Waals surface area contributed by atoms with Crippen LogP contribution >= 0.6 is 11.3 Å². The van der Waals surface area contributed by atoms with Crippen LogP contribution in [0, 0.1) is 6.92 Å². The van der Waals surface area contributed by atoms with Gasteiger partial charge in [0, 0.05) is 20.6 Å². The molecule has 2 heterocycles. The molecule has 1 amide bonds. The van der Waals surface area contributed by atoms with E-state index in [9.17, 15) is 4.79 Å². The zero-order chi connectivity index (χ0) is 18.7. The van der Waals surface area contributed by atoms with Crippen LogP contribution in [0.4, 0.5) is 5.82 Å². The van der Waals surface area contributed by atoms with E-state index in [1.807, 2.05) is 25.1 Å². The lowest BCUT2D eigenvalue weighted by atomic mass is 10.1. The molecular formula is C19H22N4O2S. The van der Waals surface area contributed by atoms with E-state index < -0.39 is 0 Å². The number of carbonyl (C=O) groups is 1. The van der Waals surface area contributed by atoms with Gasteiger partial charge >= 0.3 is 0 Å². The van der Waals surface area contributed by atoms with Gasteiger partial charge in [0.2, 0.25) is 0 Å². The van der Waals surface area contributed by atoms with Crippen LogP contribution in [0.5, 0.6) is 5.75 Å². The monoisotopic (exact) mass is 370 g/mol. The molecule has 0 aliphatic rings. The summed E-state index contributed by atoms with van der Waals surface area (Å²) in [4.78, 5) is 24.2. The number of anilines is 1.